The molecule has 0 saturated heterocycles. The maximum Gasteiger partial charge on any atom is 0.0617 e. The van der Waals surface area contributed by atoms with Crippen molar-refractivity contribution in [3.05, 3.63) is 0 Å². The summed E-state index contributed by atoms with van der Waals surface area (Å²) < 4.78 is 5.17. The predicted molar refractivity (Wildman–Crippen MR) is 44.0 cm³/mol. The first-order valence-corrected chi connectivity index (χ1v) is 4.14. The van der Waals surface area contributed by atoms with Crippen LogP contribution in [0.1, 0.15) is 33.1 Å². The maximum absolute atomic E-state index is 5.72. The van der Waals surface area contributed by atoms with E-state index < -0.39 is 0 Å². The van der Waals surface area contributed by atoms with Gasteiger partial charge in [-0.05, 0) is 13.3 Å². The molecule has 0 aromatic heterocycles. The summed E-state index contributed by atoms with van der Waals surface area (Å²) in [4.78, 5) is 0. The van der Waals surface area contributed by atoms with Crippen molar-refractivity contribution < 1.29 is 4.74 Å². The van der Waals surface area contributed by atoms with Crippen LogP contribution < -0.4 is 5.73 Å². The number of ether oxygens (including phenoxy) is 1. The standard InChI is InChI=1S/C8H19NO/c1-3-5-6-8(9)7-10-4-2/h8H,3-7,9H2,1-2H3/t8-/m0/s1. The molecule has 0 aromatic rings. The lowest BCUT2D eigenvalue weighted by Crippen LogP contribution is -2.25. The van der Waals surface area contributed by atoms with E-state index in [-0.39, 0.29) is 6.04 Å². The van der Waals surface area contributed by atoms with Crippen LogP contribution in [0, 0.1) is 0 Å². The lowest BCUT2D eigenvalue weighted by molar-refractivity contribution is 0.130. The van der Waals surface area contributed by atoms with E-state index in [4.69, 9.17) is 10.5 Å². The van der Waals surface area contributed by atoms with Crippen molar-refractivity contribution in [3.63, 3.8) is 0 Å². The van der Waals surface area contributed by atoms with Crippen LogP contribution >= 0.6 is 0 Å². The fraction of sp³-hybridized carbons (Fsp3) is 1.00. The van der Waals surface area contributed by atoms with Crippen molar-refractivity contribution in [2.75, 3.05) is 13.2 Å². The molecule has 0 rings (SSSR count). The normalized spacial score (nSPS) is 13.5. The van der Waals surface area contributed by atoms with Gasteiger partial charge in [0.1, 0.15) is 0 Å². The number of unbranched alkanes of at least 4 members (excludes halogenated alkanes) is 1. The van der Waals surface area contributed by atoms with Gasteiger partial charge >= 0.3 is 0 Å². The highest BCUT2D eigenvalue weighted by Crippen LogP contribution is 1.97. The number of rotatable bonds is 6. The van der Waals surface area contributed by atoms with E-state index in [1.165, 1.54) is 12.8 Å². The van der Waals surface area contributed by atoms with Crippen LogP contribution in [0.3, 0.4) is 0 Å². The Kier molecular flexibility index (Phi) is 6.98. The van der Waals surface area contributed by atoms with Crippen LogP contribution in [0.4, 0.5) is 0 Å². The van der Waals surface area contributed by atoms with Gasteiger partial charge in [-0.2, -0.15) is 0 Å². The fourth-order valence-electron chi connectivity index (χ4n) is 0.819. The van der Waals surface area contributed by atoms with E-state index in [9.17, 15) is 0 Å². The summed E-state index contributed by atoms with van der Waals surface area (Å²) in [5.74, 6) is 0. The van der Waals surface area contributed by atoms with Gasteiger partial charge in [-0.25, -0.2) is 0 Å². The summed E-state index contributed by atoms with van der Waals surface area (Å²) in [6.07, 6.45) is 3.53. The Morgan fingerprint density at radius 2 is 2.10 bits per heavy atom. The zero-order valence-corrected chi connectivity index (χ0v) is 7.10. The van der Waals surface area contributed by atoms with Crippen LogP contribution in [-0.4, -0.2) is 19.3 Å². The average molecular weight is 145 g/mol. The summed E-state index contributed by atoms with van der Waals surface area (Å²) >= 11 is 0. The Morgan fingerprint density at radius 3 is 2.60 bits per heavy atom. The predicted octanol–water partition coefficient (Wildman–Crippen LogP) is 1.54. The van der Waals surface area contributed by atoms with Gasteiger partial charge in [0.15, 0.2) is 0 Å². The monoisotopic (exact) mass is 145 g/mol. The molecule has 0 aliphatic carbocycles. The van der Waals surface area contributed by atoms with E-state index in [0.29, 0.717) is 0 Å². The largest absolute Gasteiger partial charge is 0.380 e. The van der Waals surface area contributed by atoms with Crippen LogP contribution in [0.2, 0.25) is 0 Å². The summed E-state index contributed by atoms with van der Waals surface area (Å²) in [5.41, 5.74) is 5.72. The van der Waals surface area contributed by atoms with Crippen molar-refractivity contribution in [2.24, 2.45) is 5.73 Å². The van der Waals surface area contributed by atoms with E-state index in [2.05, 4.69) is 6.92 Å². The Balaban J connectivity index is 3.00. The average Bonchev–Trinajstić information content (AvgIpc) is 1.97. The van der Waals surface area contributed by atoms with Gasteiger partial charge in [0.05, 0.1) is 6.61 Å². The molecule has 0 amide bonds. The first kappa shape index (κ1) is 9.92. The number of hydrogen-bond acceptors (Lipinski definition) is 2. The molecule has 2 heteroatoms. The summed E-state index contributed by atoms with van der Waals surface area (Å²) in [6.45, 7) is 5.66. The Hall–Kier alpha value is -0.0800. The first-order valence-electron chi connectivity index (χ1n) is 4.14. The molecule has 0 radical (unpaired) electrons. The second kappa shape index (κ2) is 7.03. The Bertz CT molecular complexity index is 58.3. The summed E-state index contributed by atoms with van der Waals surface area (Å²) in [5, 5.41) is 0. The van der Waals surface area contributed by atoms with Gasteiger partial charge in [-0.1, -0.05) is 19.8 Å². The number of hydrogen-bond donors (Lipinski definition) is 1. The van der Waals surface area contributed by atoms with Crippen molar-refractivity contribution in [1.82, 2.24) is 0 Å². The van der Waals surface area contributed by atoms with E-state index in [1.807, 2.05) is 6.92 Å². The smallest absolute Gasteiger partial charge is 0.0617 e. The van der Waals surface area contributed by atoms with E-state index >= 15 is 0 Å². The molecule has 0 fully saturated rings. The van der Waals surface area contributed by atoms with Gasteiger partial charge in [-0.15, -0.1) is 0 Å². The molecule has 2 N–H and O–H groups in total. The van der Waals surface area contributed by atoms with Gasteiger partial charge in [0.2, 0.25) is 0 Å². The molecule has 0 aromatic carbocycles. The van der Waals surface area contributed by atoms with Gasteiger partial charge in [0, 0.05) is 12.6 Å². The maximum atomic E-state index is 5.72. The Morgan fingerprint density at radius 1 is 1.40 bits per heavy atom. The third kappa shape index (κ3) is 6.05. The molecule has 0 spiro atoms. The second-order valence-corrected chi connectivity index (χ2v) is 2.56. The molecule has 2 nitrogen and oxygen atoms in total. The third-order valence-corrected chi connectivity index (χ3v) is 1.46. The first-order chi connectivity index (χ1) is 4.81. The highest BCUT2D eigenvalue weighted by atomic mass is 16.5. The third-order valence-electron chi connectivity index (χ3n) is 1.46. The molecule has 10 heavy (non-hydrogen) atoms. The zero-order valence-electron chi connectivity index (χ0n) is 7.10. The highest BCUT2D eigenvalue weighted by molar-refractivity contribution is 4.58. The molecular weight excluding hydrogens is 126 g/mol. The molecule has 1 atom stereocenters. The molecule has 62 valence electrons. The zero-order chi connectivity index (χ0) is 7.82. The van der Waals surface area contributed by atoms with Crippen molar-refractivity contribution >= 4 is 0 Å². The van der Waals surface area contributed by atoms with Crippen LogP contribution in [-0.2, 0) is 4.74 Å². The minimum absolute atomic E-state index is 0.250. The van der Waals surface area contributed by atoms with Crippen LogP contribution in [0.5, 0.6) is 0 Å². The molecule has 0 saturated carbocycles. The molecule has 0 aliphatic rings. The van der Waals surface area contributed by atoms with Crippen LogP contribution in [0.25, 0.3) is 0 Å². The van der Waals surface area contributed by atoms with E-state index in [1.54, 1.807) is 0 Å². The lowest BCUT2D eigenvalue weighted by atomic mass is 10.1. The van der Waals surface area contributed by atoms with E-state index in [0.717, 1.165) is 19.6 Å². The summed E-state index contributed by atoms with van der Waals surface area (Å²) in [7, 11) is 0. The molecule has 0 aliphatic heterocycles. The quantitative estimate of drug-likeness (QED) is 0.615. The fourth-order valence-corrected chi connectivity index (χ4v) is 0.819. The van der Waals surface area contributed by atoms with Crippen molar-refractivity contribution in [2.45, 2.75) is 39.2 Å². The lowest BCUT2D eigenvalue weighted by Gasteiger charge is -2.09. The SMILES string of the molecule is CCCC[C@H](N)COCC. The van der Waals surface area contributed by atoms with Gasteiger partial charge in [0.25, 0.3) is 0 Å². The van der Waals surface area contributed by atoms with Crippen molar-refractivity contribution in [1.29, 1.82) is 0 Å². The molecule has 0 heterocycles. The minimum atomic E-state index is 0.250. The molecule has 0 bridgehead atoms. The highest BCUT2D eigenvalue weighted by Gasteiger charge is 1.99. The summed E-state index contributed by atoms with van der Waals surface area (Å²) in [6, 6.07) is 0.250. The Labute approximate surface area is 63.7 Å². The molecule has 0 unspecified atom stereocenters. The van der Waals surface area contributed by atoms with Crippen LogP contribution in [0.15, 0.2) is 0 Å². The molecular formula is C8H19NO. The topological polar surface area (TPSA) is 35.2 Å². The minimum Gasteiger partial charge on any atom is -0.380 e. The van der Waals surface area contributed by atoms with Gasteiger partial charge in [-0.3, -0.25) is 0 Å². The van der Waals surface area contributed by atoms with Gasteiger partial charge < -0.3 is 10.5 Å². The number of nitrogens with two attached hydrogens (primary N) is 1. The second-order valence-electron chi connectivity index (χ2n) is 2.56. The van der Waals surface area contributed by atoms with Crippen molar-refractivity contribution in [3.8, 4) is 0 Å².